The molecule has 0 amide bonds. The molecule has 0 spiro atoms. The maximum Gasteiger partial charge on any atom is 0.150 e. The molecule has 0 bridgehead atoms. The van der Waals surface area contributed by atoms with E-state index in [1.807, 2.05) is 36.0 Å². The molecule has 6 nitrogen and oxygen atoms in total. The van der Waals surface area contributed by atoms with E-state index in [1.165, 1.54) is 11.1 Å². The van der Waals surface area contributed by atoms with Gasteiger partial charge in [-0.2, -0.15) is 0 Å². The molecule has 2 aliphatic rings. The molecule has 2 atom stereocenters. The monoisotopic (exact) mass is 357 g/mol. The van der Waals surface area contributed by atoms with Crippen LogP contribution in [0.2, 0.25) is 0 Å². The van der Waals surface area contributed by atoms with Crippen molar-refractivity contribution in [2.75, 3.05) is 12.0 Å². The molecular formula is C21H19N5O. The zero-order chi connectivity index (χ0) is 18.4. The Kier molecular flexibility index (Phi) is 3.57. The third-order valence-electron chi connectivity index (χ3n) is 5.18. The molecule has 3 aromatic rings. The Balaban J connectivity index is 1.64. The fourth-order valence-electron chi connectivity index (χ4n) is 3.80. The SMILES string of the molecule is COc1ccc(N2C=C(c3ccccc3)C3c4nnc(C)n4C=NC32)cc1. The number of aryl methyl sites for hydroxylation is 1. The van der Waals surface area contributed by atoms with Crippen molar-refractivity contribution >= 4 is 17.6 Å². The minimum Gasteiger partial charge on any atom is -0.497 e. The number of ether oxygens (including phenoxy) is 1. The number of methoxy groups -OCH3 is 1. The molecule has 0 saturated heterocycles. The van der Waals surface area contributed by atoms with Gasteiger partial charge in [0.05, 0.1) is 19.4 Å². The van der Waals surface area contributed by atoms with E-state index >= 15 is 0 Å². The molecule has 2 aromatic carbocycles. The summed E-state index contributed by atoms with van der Waals surface area (Å²) < 4.78 is 7.27. The van der Waals surface area contributed by atoms with E-state index in [2.05, 4.69) is 57.7 Å². The van der Waals surface area contributed by atoms with Crippen molar-refractivity contribution in [3.8, 4) is 5.75 Å². The molecular weight excluding hydrogens is 338 g/mol. The van der Waals surface area contributed by atoms with Gasteiger partial charge < -0.3 is 9.64 Å². The second kappa shape index (κ2) is 6.09. The molecule has 6 heteroatoms. The Morgan fingerprint density at radius 1 is 0.963 bits per heavy atom. The predicted molar refractivity (Wildman–Crippen MR) is 105 cm³/mol. The maximum atomic E-state index is 5.29. The molecule has 27 heavy (non-hydrogen) atoms. The van der Waals surface area contributed by atoms with Gasteiger partial charge in [-0.05, 0) is 42.3 Å². The van der Waals surface area contributed by atoms with Crippen LogP contribution in [0.4, 0.5) is 5.69 Å². The molecule has 0 radical (unpaired) electrons. The summed E-state index contributed by atoms with van der Waals surface area (Å²) >= 11 is 0. The lowest BCUT2D eigenvalue weighted by molar-refractivity contribution is 0.415. The van der Waals surface area contributed by atoms with Gasteiger partial charge in [0.15, 0.2) is 0 Å². The van der Waals surface area contributed by atoms with Crippen LogP contribution in [0.1, 0.15) is 23.1 Å². The van der Waals surface area contributed by atoms with Crippen LogP contribution in [0.3, 0.4) is 0 Å². The van der Waals surface area contributed by atoms with E-state index in [9.17, 15) is 0 Å². The average Bonchev–Trinajstić information content (AvgIpc) is 3.30. The molecule has 5 rings (SSSR count). The van der Waals surface area contributed by atoms with Gasteiger partial charge in [-0.3, -0.25) is 4.57 Å². The summed E-state index contributed by atoms with van der Waals surface area (Å²) in [6.45, 7) is 1.95. The number of hydrogen-bond donors (Lipinski definition) is 0. The molecule has 0 fully saturated rings. The van der Waals surface area contributed by atoms with Gasteiger partial charge in [-0.25, -0.2) is 4.99 Å². The zero-order valence-electron chi connectivity index (χ0n) is 15.1. The molecule has 1 aromatic heterocycles. The smallest absolute Gasteiger partial charge is 0.150 e. The van der Waals surface area contributed by atoms with Crippen LogP contribution in [-0.2, 0) is 0 Å². The number of nitrogens with zero attached hydrogens (tertiary/aromatic N) is 5. The normalized spacial score (nSPS) is 20.2. The number of rotatable bonds is 3. The lowest BCUT2D eigenvalue weighted by Crippen LogP contribution is -2.34. The van der Waals surface area contributed by atoms with Crippen molar-refractivity contribution in [3.05, 3.63) is 78.0 Å². The van der Waals surface area contributed by atoms with E-state index in [1.54, 1.807) is 7.11 Å². The van der Waals surface area contributed by atoms with Crippen LogP contribution in [0.15, 0.2) is 65.8 Å². The fraction of sp³-hybridized carbons (Fsp3) is 0.190. The van der Waals surface area contributed by atoms with E-state index in [0.29, 0.717) is 0 Å². The number of aromatic nitrogens is 3. The highest BCUT2D eigenvalue weighted by Gasteiger charge is 2.42. The fourth-order valence-corrected chi connectivity index (χ4v) is 3.80. The van der Waals surface area contributed by atoms with Crippen LogP contribution in [0, 0.1) is 6.92 Å². The highest BCUT2D eigenvalue weighted by atomic mass is 16.5. The lowest BCUT2D eigenvalue weighted by Gasteiger charge is -2.29. The van der Waals surface area contributed by atoms with Crippen LogP contribution in [0.5, 0.6) is 5.75 Å². The number of fused-ring (bicyclic) bond motifs is 3. The molecule has 3 heterocycles. The zero-order valence-corrected chi connectivity index (χ0v) is 15.1. The second-order valence-corrected chi connectivity index (χ2v) is 6.69. The summed E-state index contributed by atoms with van der Waals surface area (Å²) in [7, 11) is 1.68. The van der Waals surface area contributed by atoms with Gasteiger partial charge in [0.1, 0.15) is 23.6 Å². The minimum atomic E-state index is -0.0790. The van der Waals surface area contributed by atoms with Crippen molar-refractivity contribution in [2.45, 2.75) is 19.0 Å². The van der Waals surface area contributed by atoms with Crippen LogP contribution in [0.25, 0.3) is 5.57 Å². The van der Waals surface area contributed by atoms with Gasteiger partial charge in [0.2, 0.25) is 0 Å². The Bertz CT molecular complexity index is 1040. The Morgan fingerprint density at radius 3 is 2.48 bits per heavy atom. The van der Waals surface area contributed by atoms with Crippen molar-refractivity contribution < 1.29 is 4.74 Å². The molecule has 2 aliphatic heterocycles. The first-order chi connectivity index (χ1) is 13.3. The number of anilines is 1. The average molecular weight is 357 g/mol. The number of benzene rings is 2. The summed E-state index contributed by atoms with van der Waals surface area (Å²) in [6.07, 6.45) is 3.94. The summed E-state index contributed by atoms with van der Waals surface area (Å²) in [5, 5.41) is 8.73. The number of hydrogen-bond acceptors (Lipinski definition) is 5. The topological polar surface area (TPSA) is 55.5 Å². The quantitative estimate of drug-likeness (QED) is 0.720. The summed E-state index contributed by atoms with van der Waals surface area (Å²) in [4.78, 5) is 7.05. The van der Waals surface area contributed by atoms with Crippen LogP contribution in [-0.4, -0.2) is 34.4 Å². The lowest BCUT2D eigenvalue weighted by atomic mass is 9.92. The molecule has 134 valence electrons. The van der Waals surface area contributed by atoms with Crippen LogP contribution < -0.4 is 9.64 Å². The number of aliphatic imine (C=N–C) groups is 1. The van der Waals surface area contributed by atoms with Crippen molar-refractivity contribution in [2.24, 2.45) is 4.99 Å². The van der Waals surface area contributed by atoms with E-state index in [4.69, 9.17) is 9.73 Å². The first-order valence-electron chi connectivity index (χ1n) is 8.90. The Hall–Kier alpha value is -3.41. The summed E-state index contributed by atoms with van der Waals surface area (Å²) in [5.41, 5.74) is 3.44. The third-order valence-corrected chi connectivity index (χ3v) is 5.18. The summed E-state index contributed by atoms with van der Waals surface area (Å²) in [5.74, 6) is 2.64. The van der Waals surface area contributed by atoms with Crippen LogP contribution >= 0.6 is 0 Å². The van der Waals surface area contributed by atoms with E-state index < -0.39 is 0 Å². The van der Waals surface area contributed by atoms with E-state index in [-0.39, 0.29) is 12.1 Å². The second-order valence-electron chi connectivity index (χ2n) is 6.69. The van der Waals surface area contributed by atoms with Crippen molar-refractivity contribution in [3.63, 3.8) is 0 Å². The minimum absolute atomic E-state index is 0.0284. The van der Waals surface area contributed by atoms with Gasteiger partial charge in [0.25, 0.3) is 0 Å². The van der Waals surface area contributed by atoms with Gasteiger partial charge in [-0.1, -0.05) is 30.3 Å². The Labute approximate surface area is 157 Å². The summed E-state index contributed by atoms with van der Waals surface area (Å²) in [6, 6.07) is 18.5. The first-order valence-corrected chi connectivity index (χ1v) is 8.90. The third kappa shape index (κ3) is 2.44. The molecule has 2 unspecified atom stereocenters. The van der Waals surface area contributed by atoms with Gasteiger partial charge >= 0.3 is 0 Å². The standard InChI is InChI=1S/C21H19N5O/c1-14-23-24-21-19-18(15-6-4-3-5-7-15)12-25(20(19)22-13-26(14)21)16-8-10-17(27-2)11-9-16/h3-13,19-20H,1-2H3. The highest BCUT2D eigenvalue weighted by molar-refractivity contribution is 5.81. The maximum absolute atomic E-state index is 5.29. The molecule has 0 saturated carbocycles. The van der Waals surface area contributed by atoms with Gasteiger partial charge in [-0.15, -0.1) is 10.2 Å². The molecule has 0 N–H and O–H groups in total. The van der Waals surface area contributed by atoms with Gasteiger partial charge in [0, 0.05) is 11.9 Å². The Morgan fingerprint density at radius 2 is 1.74 bits per heavy atom. The van der Waals surface area contributed by atoms with Crippen molar-refractivity contribution in [1.29, 1.82) is 0 Å². The van der Waals surface area contributed by atoms with E-state index in [0.717, 1.165) is 23.1 Å². The molecule has 0 aliphatic carbocycles. The predicted octanol–water partition coefficient (Wildman–Crippen LogP) is 3.46. The first kappa shape index (κ1) is 15.8. The van der Waals surface area contributed by atoms with Crippen molar-refractivity contribution in [1.82, 2.24) is 14.8 Å². The largest absolute Gasteiger partial charge is 0.497 e. The highest BCUT2D eigenvalue weighted by Crippen LogP contribution is 2.45.